The lowest BCUT2D eigenvalue weighted by atomic mass is 9.83. The molecule has 7 heteroatoms. The fraction of sp³-hybridized carbons (Fsp3) is 0.286. The first kappa shape index (κ1) is 23.5. The first-order chi connectivity index (χ1) is 16.8. The van der Waals surface area contributed by atoms with Crippen LogP contribution in [0.3, 0.4) is 0 Å². The number of hydrogen-bond acceptors (Lipinski definition) is 7. The number of rotatable bonds is 6. The number of anilines is 1. The molecule has 1 aromatic heterocycles. The number of phenolic OH excluding ortho intramolecular Hbond substituents is 1. The van der Waals surface area contributed by atoms with Crippen LogP contribution in [0.25, 0.3) is 28.5 Å². The van der Waals surface area contributed by atoms with Gasteiger partial charge in [-0.25, -0.2) is 0 Å². The molecule has 35 heavy (non-hydrogen) atoms. The zero-order valence-corrected chi connectivity index (χ0v) is 21.3. The molecular formula is C28H29NO5S. The summed E-state index contributed by atoms with van der Waals surface area (Å²) in [5, 5.41) is 16.2. The molecule has 2 aliphatic heterocycles. The molecule has 5 rings (SSSR count). The summed E-state index contributed by atoms with van der Waals surface area (Å²) in [5.41, 5.74) is 6.84. The fourth-order valence-electron chi connectivity index (χ4n) is 4.90. The fourth-order valence-corrected chi connectivity index (χ4v) is 5.73. The van der Waals surface area contributed by atoms with Crippen molar-refractivity contribution in [2.75, 3.05) is 26.3 Å². The molecule has 0 fully saturated rings. The van der Waals surface area contributed by atoms with Gasteiger partial charge in [0.25, 0.3) is 0 Å². The second-order valence-corrected chi connectivity index (χ2v) is 10.2. The molecule has 3 heterocycles. The average Bonchev–Trinajstić information content (AvgIpc) is 3.25. The number of hydrogen-bond donors (Lipinski definition) is 2. The molecular weight excluding hydrogens is 462 g/mol. The topological polar surface area (TPSA) is 69.2 Å². The van der Waals surface area contributed by atoms with Crippen LogP contribution in [0, 0.1) is 0 Å². The number of allylic oxidation sites excluding steroid dienone is 1. The van der Waals surface area contributed by atoms with Crippen LogP contribution in [0.5, 0.6) is 17.2 Å². The van der Waals surface area contributed by atoms with Gasteiger partial charge in [0.15, 0.2) is 11.5 Å². The van der Waals surface area contributed by atoms with E-state index in [1.807, 2.05) is 5.38 Å². The Bertz CT molecular complexity index is 1350. The second kappa shape index (κ2) is 9.07. The summed E-state index contributed by atoms with van der Waals surface area (Å²) in [4.78, 5) is 1.06. The van der Waals surface area contributed by atoms with E-state index < -0.39 is 0 Å². The Kier molecular flexibility index (Phi) is 6.09. The summed E-state index contributed by atoms with van der Waals surface area (Å²) < 4.78 is 22.8. The van der Waals surface area contributed by atoms with Gasteiger partial charge in [0.05, 0.1) is 24.8 Å². The molecule has 0 radical (unpaired) electrons. The van der Waals surface area contributed by atoms with Crippen LogP contribution in [0.15, 0.2) is 41.8 Å². The summed E-state index contributed by atoms with van der Waals surface area (Å²) in [7, 11) is 3.17. The van der Waals surface area contributed by atoms with Crippen molar-refractivity contribution in [3.8, 4) is 28.4 Å². The molecule has 6 nitrogen and oxygen atoms in total. The standard InChI is InChI=1S/C28H29NO5S/c1-16-13-28(2,3)29-19-7-6-18-25(24(16)19)22(12-23-17(10-11-35-23)14-33-15-31-4)34-21-9-8-20(30)27(32-5)26(18)21/h6-13,29-30H,14-15H2,1-5H3/b22-12-. The first-order valence-electron chi connectivity index (χ1n) is 11.4. The number of aromatic hydroxyl groups is 1. The number of benzene rings is 2. The number of methoxy groups -OCH3 is 2. The minimum absolute atomic E-state index is 0.0771. The molecule has 0 atom stereocenters. The van der Waals surface area contributed by atoms with Gasteiger partial charge >= 0.3 is 0 Å². The van der Waals surface area contributed by atoms with Crippen molar-refractivity contribution in [3.05, 3.63) is 63.4 Å². The maximum atomic E-state index is 10.5. The van der Waals surface area contributed by atoms with Crippen LogP contribution in [-0.4, -0.2) is 31.7 Å². The Balaban J connectivity index is 1.74. The largest absolute Gasteiger partial charge is 0.504 e. The van der Waals surface area contributed by atoms with Crippen LogP contribution in [0.1, 0.15) is 42.3 Å². The maximum Gasteiger partial charge on any atom is 0.172 e. The number of ether oxygens (including phenoxy) is 4. The third-order valence-electron chi connectivity index (χ3n) is 6.17. The zero-order valence-electron chi connectivity index (χ0n) is 20.5. The molecule has 0 unspecified atom stereocenters. The molecule has 2 aliphatic rings. The van der Waals surface area contributed by atoms with Crippen LogP contribution < -0.4 is 14.8 Å². The van der Waals surface area contributed by atoms with Crippen molar-refractivity contribution >= 4 is 34.4 Å². The van der Waals surface area contributed by atoms with Gasteiger partial charge in [-0.1, -0.05) is 12.1 Å². The predicted octanol–water partition coefficient (Wildman–Crippen LogP) is 6.75. The number of fused-ring (bicyclic) bond motifs is 5. The van der Waals surface area contributed by atoms with Gasteiger partial charge in [-0.3, -0.25) is 0 Å². The van der Waals surface area contributed by atoms with E-state index in [-0.39, 0.29) is 18.1 Å². The lowest BCUT2D eigenvalue weighted by molar-refractivity contribution is -0.0390. The van der Waals surface area contributed by atoms with Crippen molar-refractivity contribution < 1.29 is 24.1 Å². The lowest BCUT2D eigenvalue weighted by Gasteiger charge is -2.35. The zero-order chi connectivity index (χ0) is 24.7. The molecule has 0 saturated carbocycles. The highest BCUT2D eigenvalue weighted by Crippen LogP contribution is 2.54. The third-order valence-corrected chi connectivity index (χ3v) is 7.08. The Hall–Kier alpha value is -3.26. The van der Waals surface area contributed by atoms with E-state index in [9.17, 15) is 5.11 Å². The highest BCUT2D eigenvalue weighted by atomic mass is 32.1. The minimum Gasteiger partial charge on any atom is -0.504 e. The van der Waals surface area contributed by atoms with Crippen LogP contribution in [0.4, 0.5) is 5.69 Å². The maximum absolute atomic E-state index is 10.5. The Morgan fingerprint density at radius 2 is 1.91 bits per heavy atom. The Labute approximate surface area is 209 Å². The molecule has 0 aliphatic carbocycles. The highest BCUT2D eigenvalue weighted by Gasteiger charge is 2.33. The summed E-state index contributed by atoms with van der Waals surface area (Å²) in [6, 6.07) is 9.61. The predicted molar refractivity (Wildman–Crippen MR) is 141 cm³/mol. The highest BCUT2D eigenvalue weighted by molar-refractivity contribution is 7.11. The monoisotopic (exact) mass is 491 g/mol. The minimum atomic E-state index is -0.168. The molecule has 2 N–H and O–H groups in total. The molecule has 2 aromatic carbocycles. The van der Waals surface area contributed by atoms with Crippen molar-refractivity contribution in [1.82, 2.24) is 0 Å². The molecule has 0 saturated heterocycles. The van der Waals surface area contributed by atoms with E-state index in [1.165, 1.54) is 0 Å². The smallest absolute Gasteiger partial charge is 0.172 e. The van der Waals surface area contributed by atoms with Crippen LogP contribution >= 0.6 is 11.3 Å². The summed E-state index contributed by atoms with van der Waals surface area (Å²) in [5.74, 6) is 1.85. The van der Waals surface area contributed by atoms with Crippen molar-refractivity contribution in [2.45, 2.75) is 32.9 Å². The van der Waals surface area contributed by atoms with Crippen LogP contribution in [-0.2, 0) is 16.1 Å². The van der Waals surface area contributed by atoms with E-state index >= 15 is 0 Å². The SMILES string of the molecule is COCOCc1ccsc1/C=C1\Oc2ccc(O)c(OC)c2-c2ccc3c(c21)C(C)=CC(C)(C)N3. The van der Waals surface area contributed by atoms with E-state index in [0.29, 0.717) is 18.1 Å². The molecule has 0 bridgehead atoms. The van der Waals surface area contributed by atoms with Gasteiger partial charge in [0.2, 0.25) is 0 Å². The number of thiophene rings is 1. The first-order valence-corrected chi connectivity index (χ1v) is 12.3. The summed E-state index contributed by atoms with van der Waals surface area (Å²) >= 11 is 1.63. The Morgan fingerprint density at radius 1 is 1.09 bits per heavy atom. The third kappa shape index (κ3) is 4.20. The van der Waals surface area contributed by atoms with Gasteiger partial charge in [0, 0.05) is 34.4 Å². The lowest BCUT2D eigenvalue weighted by Crippen LogP contribution is -2.32. The van der Waals surface area contributed by atoms with E-state index in [2.05, 4.69) is 56.4 Å². The molecule has 3 aromatic rings. The second-order valence-electron chi connectivity index (χ2n) is 9.25. The number of phenols is 1. The van der Waals surface area contributed by atoms with E-state index in [1.54, 1.807) is 37.7 Å². The summed E-state index contributed by atoms with van der Waals surface area (Å²) in [6.45, 7) is 7.12. The molecule has 182 valence electrons. The van der Waals surface area contributed by atoms with Gasteiger partial charge in [0.1, 0.15) is 18.3 Å². The van der Waals surface area contributed by atoms with E-state index in [4.69, 9.17) is 18.9 Å². The Morgan fingerprint density at radius 3 is 2.69 bits per heavy atom. The van der Waals surface area contributed by atoms with Crippen molar-refractivity contribution in [3.63, 3.8) is 0 Å². The normalized spacial score (nSPS) is 16.5. The summed E-state index contributed by atoms with van der Waals surface area (Å²) in [6.07, 6.45) is 4.31. The van der Waals surface area contributed by atoms with Crippen molar-refractivity contribution in [1.29, 1.82) is 0 Å². The van der Waals surface area contributed by atoms with E-state index in [0.717, 1.165) is 49.7 Å². The van der Waals surface area contributed by atoms with Gasteiger partial charge in [-0.15, -0.1) is 11.3 Å². The average molecular weight is 492 g/mol. The van der Waals surface area contributed by atoms with Crippen LogP contribution in [0.2, 0.25) is 0 Å². The molecule has 0 spiro atoms. The molecule has 0 amide bonds. The van der Waals surface area contributed by atoms with Crippen molar-refractivity contribution in [2.24, 2.45) is 0 Å². The number of nitrogens with one attached hydrogen (secondary N) is 1. The quantitative estimate of drug-likeness (QED) is 0.294. The van der Waals surface area contributed by atoms with Gasteiger partial charge in [-0.05, 0) is 67.6 Å². The van der Waals surface area contributed by atoms with Gasteiger partial charge in [-0.2, -0.15) is 0 Å². The van der Waals surface area contributed by atoms with Gasteiger partial charge < -0.3 is 29.4 Å².